The van der Waals surface area contributed by atoms with Crippen molar-refractivity contribution in [2.24, 2.45) is 5.73 Å². The van der Waals surface area contributed by atoms with Crippen molar-refractivity contribution in [1.82, 2.24) is 9.97 Å². The first kappa shape index (κ1) is 12.9. The van der Waals surface area contributed by atoms with Gasteiger partial charge in [0.2, 0.25) is 5.95 Å². The molecule has 0 unspecified atom stereocenters. The third-order valence-corrected chi connectivity index (χ3v) is 3.52. The molecule has 3 rings (SSSR count). The Bertz CT molecular complexity index is 615. The van der Waals surface area contributed by atoms with Crippen LogP contribution in [-0.4, -0.2) is 23.1 Å². The van der Waals surface area contributed by atoms with Crippen LogP contribution in [0.2, 0.25) is 0 Å². The predicted octanol–water partition coefficient (Wildman–Crippen LogP) is 1.64. The number of aryl methyl sites for hydroxylation is 1. The van der Waals surface area contributed by atoms with Crippen molar-refractivity contribution >= 4 is 5.95 Å². The summed E-state index contributed by atoms with van der Waals surface area (Å²) in [5, 5.41) is 0. The van der Waals surface area contributed by atoms with Gasteiger partial charge in [-0.2, -0.15) is 0 Å². The van der Waals surface area contributed by atoms with E-state index in [0.717, 1.165) is 41.6 Å². The molecular formula is C15H18N4O. The van der Waals surface area contributed by atoms with Gasteiger partial charge in [0.15, 0.2) is 0 Å². The van der Waals surface area contributed by atoms with Crippen LogP contribution < -0.4 is 15.4 Å². The molecule has 104 valence electrons. The highest BCUT2D eigenvalue weighted by atomic mass is 16.5. The number of anilines is 1. The molecule has 0 bridgehead atoms. The quantitative estimate of drug-likeness (QED) is 0.898. The lowest BCUT2D eigenvalue weighted by Crippen LogP contribution is -2.27. The van der Waals surface area contributed by atoms with Crippen LogP contribution in [0.5, 0.6) is 5.75 Å². The summed E-state index contributed by atoms with van der Waals surface area (Å²) in [5.41, 5.74) is 8.74. The molecule has 2 heterocycles. The van der Waals surface area contributed by atoms with Crippen LogP contribution in [0.3, 0.4) is 0 Å². The number of benzene rings is 1. The number of nitrogens with two attached hydrogens (primary N) is 1. The molecule has 1 aliphatic heterocycles. The molecule has 20 heavy (non-hydrogen) atoms. The number of fused-ring (bicyclic) bond motifs is 1. The van der Waals surface area contributed by atoms with Gasteiger partial charge >= 0.3 is 0 Å². The van der Waals surface area contributed by atoms with E-state index in [0.29, 0.717) is 13.2 Å². The minimum atomic E-state index is 0.470. The van der Waals surface area contributed by atoms with Gasteiger partial charge in [-0.3, -0.25) is 0 Å². The van der Waals surface area contributed by atoms with E-state index >= 15 is 0 Å². The molecule has 0 fully saturated rings. The Morgan fingerprint density at radius 3 is 3.00 bits per heavy atom. The molecule has 0 saturated heterocycles. The highest BCUT2D eigenvalue weighted by Gasteiger charge is 2.17. The standard InChI is InChI=1S/C15H18N4O/c1-11-13(8-16)9-17-15(18-11)19-6-7-20-14-5-3-2-4-12(14)10-19/h2-5,9H,6-8,10,16H2,1H3. The van der Waals surface area contributed by atoms with Gasteiger partial charge in [-0.15, -0.1) is 0 Å². The summed E-state index contributed by atoms with van der Waals surface area (Å²) in [6.45, 7) is 4.61. The summed E-state index contributed by atoms with van der Waals surface area (Å²) in [6, 6.07) is 8.09. The zero-order valence-electron chi connectivity index (χ0n) is 11.5. The Morgan fingerprint density at radius 1 is 1.35 bits per heavy atom. The molecule has 1 aromatic carbocycles. The number of hydrogen-bond acceptors (Lipinski definition) is 5. The molecular weight excluding hydrogens is 252 g/mol. The SMILES string of the molecule is Cc1nc(N2CCOc3ccccc3C2)ncc1CN. The first-order chi connectivity index (χ1) is 9.78. The maximum Gasteiger partial charge on any atom is 0.225 e. The summed E-state index contributed by atoms with van der Waals surface area (Å²) < 4.78 is 5.76. The van der Waals surface area contributed by atoms with E-state index in [-0.39, 0.29) is 0 Å². The predicted molar refractivity (Wildman–Crippen MR) is 77.6 cm³/mol. The Morgan fingerprint density at radius 2 is 2.20 bits per heavy atom. The van der Waals surface area contributed by atoms with Gasteiger partial charge in [-0.1, -0.05) is 18.2 Å². The van der Waals surface area contributed by atoms with Crippen molar-refractivity contribution in [3.63, 3.8) is 0 Å². The minimum Gasteiger partial charge on any atom is -0.491 e. The summed E-state index contributed by atoms with van der Waals surface area (Å²) in [4.78, 5) is 11.1. The third-order valence-electron chi connectivity index (χ3n) is 3.52. The van der Waals surface area contributed by atoms with Gasteiger partial charge in [0.05, 0.1) is 6.54 Å². The highest BCUT2D eigenvalue weighted by Crippen LogP contribution is 2.24. The molecule has 0 radical (unpaired) electrons. The second kappa shape index (κ2) is 5.46. The molecule has 0 spiro atoms. The molecule has 0 aliphatic carbocycles. The molecule has 0 amide bonds. The van der Waals surface area contributed by atoms with Crippen molar-refractivity contribution in [2.45, 2.75) is 20.0 Å². The van der Waals surface area contributed by atoms with E-state index in [1.807, 2.05) is 31.3 Å². The summed E-state index contributed by atoms with van der Waals surface area (Å²) >= 11 is 0. The van der Waals surface area contributed by atoms with Gasteiger partial charge in [-0.05, 0) is 13.0 Å². The zero-order valence-corrected chi connectivity index (χ0v) is 11.5. The maximum atomic E-state index is 5.76. The van der Waals surface area contributed by atoms with Crippen LogP contribution in [0.25, 0.3) is 0 Å². The normalized spacial score (nSPS) is 14.4. The second-order valence-electron chi connectivity index (χ2n) is 4.86. The van der Waals surface area contributed by atoms with E-state index in [1.165, 1.54) is 0 Å². The number of ether oxygens (including phenoxy) is 1. The Labute approximate surface area is 118 Å². The van der Waals surface area contributed by atoms with E-state index in [1.54, 1.807) is 0 Å². The van der Waals surface area contributed by atoms with Crippen molar-refractivity contribution in [1.29, 1.82) is 0 Å². The fourth-order valence-electron chi connectivity index (χ4n) is 2.33. The van der Waals surface area contributed by atoms with Crippen LogP contribution in [0.1, 0.15) is 16.8 Å². The summed E-state index contributed by atoms with van der Waals surface area (Å²) in [7, 11) is 0. The van der Waals surface area contributed by atoms with E-state index < -0.39 is 0 Å². The summed E-state index contributed by atoms with van der Waals surface area (Å²) in [6.07, 6.45) is 1.81. The van der Waals surface area contributed by atoms with Crippen LogP contribution in [-0.2, 0) is 13.1 Å². The van der Waals surface area contributed by atoms with Crippen molar-refractivity contribution < 1.29 is 4.74 Å². The molecule has 2 N–H and O–H groups in total. The van der Waals surface area contributed by atoms with Crippen LogP contribution in [0.15, 0.2) is 30.5 Å². The first-order valence-electron chi connectivity index (χ1n) is 6.76. The molecule has 0 atom stereocenters. The Hall–Kier alpha value is -2.14. The smallest absolute Gasteiger partial charge is 0.225 e. The fourth-order valence-corrected chi connectivity index (χ4v) is 2.33. The van der Waals surface area contributed by atoms with Gasteiger partial charge in [0.1, 0.15) is 12.4 Å². The van der Waals surface area contributed by atoms with E-state index in [4.69, 9.17) is 10.5 Å². The molecule has 2 aromatic rings. The highest BCUT2D eigenvalue weighted by molar-refractivity contribution is 5.41. The third kappa shape index (κ3) is 2.44. The van der Waals surface area contributed by atoms with Crippen LogP contribution in [0, 0.1) is 6.92 Å². The van der Waals surface area contributed by atoms with E-state index in [9.17, 15) is 0 Å². The van der Waals surface area contributed by atoms with Gasteiger partial charge in [0, 0.05) is 36.1 Å². The van der Waals surface area contributed by atoms with Gasteiger partial charge in [-0.25, -0.2) is 9.97 Å². The lowest BCUT2D eigenvalue weighted by atomic mass is 10.2. The van der Waals surface area contributed by atoms with Crippen LogP contribution >= 0.6 is 0 Å². The van der Waals surface area contributed by atoms with Crippen molar-refractivity contribution in [2.75, 3.05) is 18.1 Å². The number of hydrogen-bond donors (Lipinski definition) is 1. The van der Waals surface area contributed by atoms with Crippen molar-refractivity contribution in [3.8, 4) is 5.75 Å². The average Bonchev–Trinajstić information content (AvgIpc) is 2.69. The maximum absolute atomic E-state index is 5.76. The summed E-state index contributed by atoms with van der Waals surface area (Å²) in [5.74, 6) is 1.69. The lowest BCUT2D eigenvalue weighted by Gasteiger charge is -2.20. The lowest BCUT2D eigenvalue weighted by molar-refractivity contribution is 0.331. The number of rotatable bonds is 2. The van der Waals surface area contributed by atoms with Gasteiger partial charge in [0.25, 0.3) is 0 Å². The Balaban J connectivity index is 1.89. The Kier molecular flexibility index (Phi) is 3.52. The molecule has 0 saturated carbocycles. The molecule has 5 nitrogen and oxygen atoms in total. The van der Waals surface area contributed by atoms with Gasteiger partial charge < -0.3 is 15.4 Å². The molecule has 1 aromatic heterocycles. The van der Waals surface area contributed by atoms with E-state index in [2.05, 4.69) is 20.9 Å². The van der Waals surface area contributed by atoms with Crippen LogP contribution in [0.4, 0.5) is 5.95 Å². The monoisotopic (exact) mass is 270 g/mol. The molecule has 1 aliphatic rings. The number of para-hydroxylation sites is 1. The molecule has 5 heteroatoms. The minimum absolute atomic E-state index is 0.470. The fraction of sp³-hybridized carbons (Fsp3) is 0.333. The second-order valence-corrected chi connectivity index (χ2v) is 4.86. The van der Waals surface area contributed by atoms with Crippen molar-refractivity contribution in [3.05, 3.63) is 47.3 Å². The number of aromatic nitrogens is 2. The number of nitrogens with zero attached hydrogens (tertiary/aromatic N) is 3. The average molecular weight is 270 g/mol. The zero-order chi connectivity index (χ0) is 13.9. The first-order valence-corrected chi connectivity index (χ1v) is 6.76. The topological polar surface area (TPSA) is 64.3 Å². The largest absolute Gasteiger partial charge is 0.491 e.